The number of thiophene rings is 1. The maximum atomic E-state index is 12.5. The Morgan fingerprint density at radius 1 is 1.48 bits per heavy atom. The predicted octanol–water partition coefficient (Wildman–Crippen LogP) is 2.35. The Balaban J connectivity index is 1.96. The fraction of sp³-hybridized carbons (Fsp3) is 0.438. The van der Waals surface area contributed by atoms with Crippen molar-refractivity contribution in [1.82, 2.24) is 14.7 Å². The van der Waals surface area contributed by atoms with Crippen molar-refractivity contribution in [3.63, 3.8) is 0 Å². The lowest BCUT2D eigenvalue weighted by molar-refractivity contribution is -0.152. The third-order valence-corrected chi connectivity index (χ3v) is 5.20. The van der Waals surface area contributed by atoms with E-state index in [4.69, 9.17) is 0 Å². The van der Waals surface area contributed by atoms with Gasteiger partial charge in [0, 0.05) is 35.0 Å². The highest BCUT2D eigenvalue weighted by molar-refractivity contribution is 7.11. The van der Waals surface area contributed by atoms with E-state index in [1.54, 1.807) is 40.4 Å². The number of aryl methyl sites for hydroxylation is 2. The lowest BCUT2D eigenvalue weighted by atomic mass is 9.85. The summed E-state index contributed by atoms with van der Waals surface area (Å²) >= 11 is 1.63. The smallest absolute Gasteiger partial charge is 0.308 e. The zero-order valence-corrected chi connectivity index (χ0v) is 13.9. The first-order chi connectivity index (χ1) is 11.0. The van der Waals surface area contributed by atoms with Gasteiger partial charge in [0.2, 0.25) is 5.91 Å². The molecule has 3 heterocycles. The molecule has 0 aliphatic carbocycles. The Morgan fingerprint density at radius 2 is 2.26 bits per heavy atom. The van der Waals surface area contributed by atoms with Crippen molar-refractivity contribution >= 4 is 23.2 Å². The predicted molar refractivity (Wildman–Crippen MR) is 85.9 cm³/mol. The summed E-state index contributed by atoms with van der Waals surface area (Å²) in [4.78, 5) is 28.1. The van der Waals surface area contributed by atoms with E-state index in [9.17, 15) is 14.7 Å². The second-order valence-corrected chi connectivity index (χ2v) is 7.28. The van der Waals surface area contributed by atoms with Crippen LogP contribution in [-0.2, 0) is 23.2 Å². The van der Waals surface area contributed by atoms with E-state index in [0.717, 1.165) is 10.4 Å². The summed E-state index contributed by atoms with van der Waals surface area (Å²) in [7, 11) is 1.79. The number of amides is 1. The molecule has 2 unspecified atom stereocenters. The lowest BCUT2D eigenvalue weighted by Gasteiger charge is -2.38. The molecule has 0 radical (unpaired) electrons. The minimum atomic E-state index is -0.862. The second-order valence-electron chi connectivity index (χ2n) is 5.91. The van der Waals surface area contributed by atoms with Crippen LogP contribution >= 0.6 is 11.3 Å². The summed E-state index contributed by atoms with van der Waals surface area (Å²) in [6.45, 7) is 2.46. The fourth-order valence-corrected chi connectivity index (χ4v) is 4.03. The average molecular weight is 333 g/mol. The Hall–Kier alpha value is -2.15. The van der Waals surface area contributed by atoms with Crippen molar-refractivity contribution in [2.75, 3.05) is 0 Å². The van der Waals surface area contributed by atoms with E-state index in [1.165, 1.54) is 4.88 Å². The Bertz CT molecular complexity index is 737. The molecule has 0 aromatic carbocycles. The van der Waals surface area contributed by atoms with E-state index in [1.807, 2.05) is 19.1 Å². The van der Waals surface area contributed by atoms with Gasteiger partial charge in [0.05, 0.1) is 24.7 Å². The highest BCUT2D eigenvalue weighted by Crippen LogP contribution is 2.38. The molecule has 2 atom stereocenters. The average Bonchev–Trinajstić information content (AvgIpc) is 3.09. The minimum Gasteiger partial charge on any atom is -0.481 e. The van der Waals surface area contributed by atoms with Crippen molar-refractivity contribution in [2.24, 2.45) is 13.0 Å². The number of aromatic nitrogens is 2. The molecule has 122 valence electrons. The van der Waals surface area contributed by atoms with Gasteiger partial charge in [0.1, 0.15) is 0 Å². The van der Waals surface area contributed by atoms with Crippen LogP contribution in [-0.4, -0.2) is 31.7 Å². The quantitative estimate of drug-likeness (QED) is 0.932. The van der Waals surface area contributed by atoms with Crippen LogP contribution in [0.25, 0.3) is 0 Å². The molecule has 0 bridgehead atoms. The van der Waals surface area contributed by atoms with Crippen LogP contribution in [0.2, 0.25) is 0 Å². The topological polar surface area (TPSA) is 75.4 Å². The number of carbonyl (C=O) groups excluding carboxylic acids is 1. The van der Waals surface area contributed by atoms with Crippen LogP contribution in [0, 0.1) is 12.8 Å². The molecule has 2 aromatic heterocycles. The third kappa shape index (κ3) is 3.14. The number of aliphatic carboxylic acids is 1. The van der Waals surface area contributed by atoms with Crippen LogP contribution in [0.5, 0.6) is 0 Å². The number of carboxylic acid groups (broad SMARTS) is 1. The maximum Gasteiger partial charge on any atom is 0.308 e. The van der Waals surface area contributed by atoms with E-state index in [0.29, 0.717) is 13.0 Å². The van der Waals surface area contributed by atoms with Gasteiger partial charge in [-0.05, 0) is 25.5 Å². The van der Waals surface area contributed by atoms with Gasteiger partial charge in [-0.15, -0.1) is 11.3 Å². The van der Waals surface area contributed by atoms with Gasteiger partial charge in [-0.3, -0.25) is 14.3 Å². The zero-order valence-electron chi connectivity index (χ0n) is 13.1. The van der Waals surface area contributed by atoms with Gasteiger partial charge >= 0.3 is 5.97 Å². The molecule has 1 aliphatic heterocycles. The monoisotopic (exact) mass is 333 g/mol. The minimum absolute atomic E-state index is 0.00223. The van der Waals surface area contributed by atoms with Gasteiger partial charge < -0.3 is 10.0 Å². The molecule has 7 heteroatoms. The lowest BCUT2D eigenvalue weighted by Crippen LogP contribution is -2.44. The van der Waals surface area contributed by atoms with Crippen LogP contribution in [0.3, 0.4) is 0 Å². The number of carboxylic acids is 1. The molecule has 0 saturated carbocycles. The standard InChI is InChI=1S/C16H19N3O3S/c1-10-3-4-12(23-10)9-19-14(20)6-5-13(16(21)22)15(19)11-7-17-18(2)8-11/h3-4,7-8,13,15H,5-6,9H2,1-2H3,(H,21,22). The van der Waals surface area contributed by atoms with E-state index in [2.05, 4.69) is 5.10 Å². The highest BCUT2D eigenvalue weighted by atomic mass is 32.1. The SMILES string of the molecule is Cc1ccc(CN2C(=O)CCC(C(=O)O)C2c2cnn(C)c2)s1. The van der Waals surface area contributed by atoms with Crippen LogP contribution in [0.15, 0.2) is 24.5 Å². The Labute approximate surface area is 138 Å². The van der Waals surface area contributed by atoms with Crippen LogP contribution < -0.4 is 0 Å². The molecular weight excluding hydrogens is 314 g/mol. The van der Waals surface area contributed by atoms with Gasteiger partial charge in [0.15, 0.2) is 0 Å². The summed E-state index contributed by atoms with van der Waals surface area (Å²) < 4.78 is 1.64. The molecule has 2 aromatic rings. The largest absolute Gasteiger partial charge is 0.481 e. The molecular formula is C16H19N3O3S. The van der Waals surface area contributed by atoms with Gasteiger partial charge in [-0.1, -0.05) is 0 Å². The van der Waals surface area contributed by atoms with E-state index < -0.39 is 17.9 Å². The first kappa shape index (κ1) is 15.7. The van der Waals surface area contributed by atoms with Crippen molar-refractivity contribution in [2.45, 2.75) is 32.4 Å². The summed E-state index contributed by atoms with van der Waals surface area (Å²) in [5.41, 5.74) is 0.779. The number of nitrogens with zero attached hydrogens (tertiary/aromatic N) is 3. The van der Waals surface area contributed by atoms with E-state index >= 15 is 0 Å². The molecule has 1 amide bonds. The molecule has 1 N–H and O–H groups in total. The number of likely N-dealkylation sites (tertiary alicyclic amines) is 1. The summed E-state index contributed by atoms with van der Waals surface area (Å²) in [5.74, 6) is -1.46. The molecule has 0 spiro atoms. The molecule has 1 aliphatic rings. The Kier molecular flexibility index (Phi) is 4.21. The summed E-state index contributed by atoms with van der Waals surface area (Å²) in [6, 6.07) is 3.55. The van der Waals surface area contributed by atoms with Gasteiger partial charge in [-0.25, -0.2) is 0 Å². The molecule has 1 fully saturated rings. The Morgan fingerprint density at radius 3 is 2.83 bits per heavy atom. The first-order valence-corrected chi connectivity index (χ1v) is 8.33. The molecule has 1 saturated heterocycles. The summed E-state index contributed by atoms with van der Waals surface area (Å²) in [6.07, 6.45) is 4.10. The zero-order chi connectivity index (χ0) is 16.6. The number of rotatable bonds is 4. The van der Waals surface area contributed by atoms with E-state index in [-0.39, 0.29) is 12.3 Å². The van der Waals surface area contributed by atoms with Crippen molar-refractivity contribution < 1.29 is 14.7 Å². The molecule has 6 nitrogen and oxygen atoms in total. The number of hydrogen-bond acceptors (Lipinski definition) is 4. The van der Waals surface area contributed by atoms with Gasteiger partial charge in [-0.2, -0.15) is 5.10 Å². The second kappa shape index (κ2) is 6.16. The van der Waals surface area contributed by atoms with Crippen molar-refractivity contribution in [3.05, 3.63) is 39.8 Å². The number of hydrogen-bond donors (Lipinski definition) is 1. The maximum absolute atomic E-state index is 12.5. The van der Waals surface area contributed by atoms with Crippen molar-refractivity contribution in [1.29, 1.82) is 0 Å². The number of carbonyl (C=O) groups is 2. The fourth-order valence-electron chi connectivity index (χ4n) is 3.14. The van der Waals surface area contributed by atoms with Crippen LogP contribution in [0.4, 0.5) is 0 Å². The normalized spacial score (nSPS) is 21.7. The molecule has 3 rings (SSSR count). The van der Waals surface area contributed by atoms with Gasteiger partial charge in [0.25, 0.3) is 0 Å². The van der Waals surface area contributed by atoms with Crippen molar-refractivity contribution in [3.8, 4) is 0 Å². The third-order valence-electron chi connectivity index (χ3n) is 4.21. The van der Waals surface area contributed by atoms with Crippen LogP contribution in [0.1, 0.15) is 34.2 Å². The number of piperidine rings is 1. The molecule has 23 heavy (non-hydrogen) atoms. The first-order valence-electron chi connectivity index (χ1n) is 7.52. The summed E-state index contributed by atoms with van der Waals surface area (Å²) in [5, 5.41) is 13.7. The highest BCUT2D eigenvalue weighted by Gasteiger charge is 2.41.